The summed E-state index contributed by atoms with van der Waals surface area (Å²) < 4.78 is 23.5. The van der Waals surface area contributed by atoms with Gasteiger partial charge in [0.25, 0.3) is 9.24 Å². The average molecular weight is 290 g/mol. The molecule has 0 N–H and O–H groups in total. The highest BCUT2D eigenvalue weighted by atomic mass is 35.7. The van der Waals surface area contributed by atoms with Gasteiger partial charge in [-0.05, 0) is 6.42 Å². The van der Waals surface area contributed by atoms with Crippen molar-refractivity contribution in [3.63, 3.8) is 0 Å². The molecule has 0 aliphatic heterocycles. The summed E-state index contributed by atoms with van der Waals surface area (Å²) in [6.45, 7) is 2.94. The second kappa shape index (κ2) is 9.51. The van der Waals surface area contributed by atoms with Crippen molar-refractivity contribution in [3.8, 4) is 0 Å². The van der Waals surface area contributed by atoms with E-state index in [1.165, 1.54) is 23.6 Å². The molecule has 0 amide bonds. The topological polar surface area (TPSA) is 37.4 Å². The quantitative estimate of drug-likeness (QED) is 0.351. The Hall–Kier alpha value is 0.490. The average Bonchev–Trinajstić information content (AvgIpc) is 2.20. The van der Waals surface area contributed by atoms with Gasteiger partial charge in [-0.2, -0.15) is 12.7 Å². The van der Waals surface area contributed by atoms with Gasteiger partial charge in [-0.15, -0.1) is 11.6 Å². The Morgan fingerprint density at radius 3 is 2.06 bits per heavy atom. The molecule has 0 unspecified atom stereocenters. The zero-order valence-electron chi connectivity index (χ0n) is 9.79. The van der Waals surface area contributed by atoms with E-state index in [1.54, 1.807) is 0 Å². The maximum absolute atomic E-state index is 11.1. The smallest absolute Gasteiger partial charge is 0.195 e. The van der Waals surface area contributed by atoms with Crippen LogP contribution in [0.25, 0.3) is 0 Å². The van der Waals surface area contributed by atoms with Gasteiger partial charge in [0.05, 0.1) is 0 Å². The molecule has 0 aromatic rings. The molecule has 16 heavy (non-hydrogen) atoms. The van der Waals surface area contributed by atoms with E-state index < -0.39 is 9.24 Å². The van der Waals surface area contributed by atoms with E-state index >= 15 is 0 Å². The Bertz CT molecular complexity index is 258. The van der Waals surface area contributed by atoms with Crippen molar-refractivity contribution in [2.24, 2.45) is 0 Å². The van der Waals surface area contributed by atoms with E-state index in [9.17, 15) is 8.42 Å². The number of alkyl halides is 1. The van der Waals surface area contributed by atoms with E-state index in [-0.39, 0.29) is 5.88 Å². The molecular formula is C10H21Cl2NO2S. The van der Waals surface area contributed by atoms with E-state index in [1.807, 2.05) is 0 Å². The molecule has 0 aliphatic carbocycles. The molecule has 0 aliphatic rings. The molecule has 0 atom stereocenters. The van der Waals surface area contributed by atoms with Gasteiger partial charge in [0.1, 0.15) is 0 Å². The molecular weight excluding hydrogens is 269 g/mol. The molecule has 0 bridgehead atoms. The molecule has 0 fully saturated rings. The maximum Gasteiger partial charge on any atom is 0.299 e. The van der Waals surface area contributed by atoms with Crippen molar-refractivity contribution in [1.82, 2.24) is 4.31 Å². The summed E-state index contributed by atoms with van der Waals surface area (Å²) in [5, 5.41) is 0. The summed E-state index contributed by atoms with van der Waals surface area (Å²) in [7, 11) is 1.68. The zero-order chi connectivity index (χ0) is 12.4. The highest BCUT2D eigenvalue weighted by Crippen LogP contribution is 2.10. The Morgan fingerprint density at radius 2 is 1.56 bits per heavy atom. The second-order valence-electron chi connectivity index (χ2n) is 3.80. The maximum atomic E-state index is 11.1. The molecule has 0 radical (unpaired) electrons. The second-order valence-corrected chi connectivity index (χ2v) is 6.69. The first-order valence-electron chi connectivity index (χ1n) is 5.78. The van der Waals surface area contributed by atoms with Crippen molar-refractivity contribution >= 4 is 31.5 Å². The monoisotopic (exact) mass is 289 g/mol. The first-order valence-corrected chi connectivity index (χ1v) is 8.58. The molecule has 0 aromatic heterocycles. The fourth-order valence-corrected chi connectivity index (χ4v) is 2.87. The number of hydrogen-bond donors (Lipinski definition) is 0. The summed E-state index contributed by atoms with van der Waals surface area (Å²) in [6, 6.07) is 0. The third-order valence-electron chi connectivity index (χ3n) is 2.40. The predicted molar refractivity (Wildman–Crippen MR) is 70.4 cm³/mol. The largest absolute Gasteiger partial charge is 0.299 e. The van der Waals surface area contributed by atoms with Crippen LogP contribution in [0.5, 0.6) is 0 Å². The molecule has 0 aromatic carbocycles. The van der Waals surface area contributed by atoms with Gasteiger partial charge in [0.2, 0.25) is 0 Å². The van der Waals surface area contributed by atoms with E-state index in [0.717, 1.165) is 19.3 Å². The lowest BCUT2D eigenvalue weighted by atomic mass is 10.1. The predicted octanol–water partition coefficient (Wildman–Crippen LogP) is 3.37. The third kappa shape index (κ3) is 8.62. The lowest BCUT2D eigenvalue weighted by Crippen LogP contribution is -2.30. The number of hydrogen-bond acceptors (Lipinski definition) is 2. The fraction of sp³-hybridized carbons (Fsp3) is 1.00. The molecule has 98 valence electrons. The molecule has 3 nitrogen and oxygen atoms in total. The van der Waals surface area contributed by atoms with Gasteiger partial charge in [0.15, 0.2) is 0 Å². The van der Waals surface area contributed by atoms with Crippen LogP contribution >= 0.6 is 22.3 Å². The van der Waals surface area contributed by atoms with Crippen LogP contribution in [0, 0.1) is 0 Å². The Morgan fingerprint density at radius 1 is 1.00 bits per heavy atom. The number of nitrogens with zero attached hydrogens (tertiary/aromatic N) is 1. The highest BCUT2D eigenvalue weighted by molar-refractivity contribution is 8.11. The Labute approximate surface area is 109 Å². The third-order valence-corrected chi connectivity index (χ3v) is 4.14. The molecule has 0 saturated heterocycles. The van der Waals surface area contributed by atoms with E-state index in [0.29, 0.717) is 13.1 Å². The van der Waals surface area contributed by atoms with Crippen molar-refractivity contribution in [1.29, 1.82) is 0 Å². The van der Waals surface area contributed by atoms with Gasteiger partial charge in [-0.1, -0.05) is 39.0 Å². The van der Waals surface area contributed by atoms with Crippen LogP contribution in [0.1, 0.15) is 45.4 Å². The van der Waals surface area contributed by atoms with Crippen LogP contribution in [-0.4, -0.2) is 31.7 Å². The molecule has 0 heterocycles. The minimum Gasteiger partial charge on any atom is -0.195 e. The lowest BCUT2D eigenvalue weighted by molar-refractivity contribution is 0.422. The molecule has 0 rings (SSSR count). The van der Waals surface area contributed by atoms with Crippen molar-refractivity contribution in [3.05, 3.63) is 0 Å². The number of rotatable bonds is 10. The Kier molecular flexibility index (Phi) is 9.80. The van der Waals surface area contributed by atoms with Gasteiger partial charge < -0.3 is 0 Å². The minimum absolute atomic E-state index is 0.280. The zero-order valence-corrected chi connectivity index (χ0v) is 12.1. The lowest BCUT2D eigenvalue weighted by Gasteiger charge is -2.16. The molecule has 0 saturated carbocycles. The normalized spacial score (nSPS) is 12.2. The first-order chi connectivity index (χ1) is 7.52. The molecule has 6 heteroatoms. The van der Waals surface area contributed by atoms with Crippen molar-refractivity contribution in [2.75, 3.05) is 19.0 Å². The van der Waals surface area contributed by atoms with Crippen LogP contribution in [-0.2, 0) is 9.24 Å². The van der Waals surface area contributed by atoms with Crippen LogP contribution in [0.15, 0.2) is 0 Å². The minimum atomic E-state index is -3.60. The first kappa shape index (κ1) is 16.5. The van der Waals surface area contributed by atoms with Crippen LogP contribution in [0.4, 0.5) is 0 Å². The highest BCUT2D eigenvalue weighted by Gasteiger charge is 2.17. The number of unbranched alkanes of at least 4 members (excludes halogenated alkanes) is 5. The summed E-state index contributed by atoms with van der Waals surface area (Å²) in [5.74, 6) is 0.280. The summed E-state index contributed by atoms with van der Waals surface area (Å²) in [4.78, 5) is 0. The molecule has 0 spiro atoms. The van der Waals surface area contributed by atoms with E-state index in [2.05, 4.69) is 6.92 Å². The number of halogens is 2. The van der Waals surface area contributed by atoms with Crippen LogP contribution in [0.2, 0.25) is 0 Å². The van der Waals surface area contributed by atoms with Gasteiger partial charge in [0, 0.05) is 29.7 Å². The fourth-order valence-electron chi connectivity index (χ4n) is 1.49. The standard InChI is InChI=1S/C10H21Cl2NO2S/c1-2-3-4-5-6-7-9-13(10-8-11)16(12,14)15/h2-10H2,1H3. The Balaban J connectivity index is 3.70. The summed E-state index contributed by atoms with van der Waals surface area (Å²) >= 11 is 5.52. The van der Waals surface area contributed by atoms with Gasteiger partial charge in [-0.3, -0.25) is 0 Å². The van der Waals surface area contributed by atoms with Crippen molar-refractivity contribution < 1.29 is 8.42 Å². The van der Waals surface area contributed by atoms with Crippen LogP contribution < -0.4 is 0 Å². The SMILES string of the molecule is CCCCCCCCN(CCCl)S(=O)(=O)Cl. The van der Waals surface area contributed by atoms with Gasteiger partial charge >= 0.3 is 0 Å². The van der Waals surface area contributed by atoms with Crippen molar-refractivity contribution in [2.45, 2.75) is 45.4 Å². The van der Waals surface area contributed by atoms with E-state index in [4.69, 9.17) is 22.3 Å². The summed E-state index contributed by atoms with van der Waals surface area (Å²) in [6.07, 6.45) is 6.75. The van der Waals surface area contributed by atoms with Gasteiger partial charge in [-0.25, -0.2) is 0 Å². The van der Waals surface area contributed by atoms with Crippen LogP contribution in [0.3, 0.4) is 0 Å². The summed E-state index contributed by atoms with van der Waals surface area (Å²) in [5.41, 5.74) is 0.